The SMILES string of the molecule is COc1ccc([C@H](NC[C@H](O)c2ccc(O)c(NS(C)(=O)=O)c2)C(=O)NCc2ccccc2)cc1. The number of nitrogens with one attached hydrogen (secondary N) is 3. The van der Waals surface area contributed by atoms with Gasteiger partial charge in [-0.1, -0.05) is 48.5 Å². The molecule has 0 aliphatic rings. The Morgan fingerprint density at radius 3 is 2.29 bits per heavy atom. The van der Waals surface area contributed by atoms with Gasteiger partial charge in [-0.05, 0) is 41.0 Å². The number of carbonyl (C=O) groups is 1. The zero-order valence-corrected chi connectivity index (χ0v) is 20.2. The Labute approximate surface area is 204 Å². The first-order chi connectivity index (χ1) is 16.7. The Balaban J connectivity index is 1.75. The number of hydrogen-bond acceptors (Lipinski definition) is 7. The molecule has 0 unspecified atom stereocenters. The molecule has 35 heavy (non-hydrogen) atoms. The molecule has 0 saturated heterocycles. The van der Waals surface area contributed by atoms with Crippen LogP contribution in [-0.2, 0) is 21.4 Å². The molecule has 5 N–H and O–H groups in total. The average molecular weight is 500 g/mol. The van der Waals surface area contributed by atoms with Gasteiger partial charge >= 0.3 is 0 Å². The van der Waals surface area contributed by atoms with Crippen molar-refractivity contribution in [2.24, 2.45) is 0 Å². The lowest BCUT2D eigenvalue weighted by molar-refractivity contribution is -0.123. The maximum atomic E-state index is 13.1. The number of hydrogen-bond donors (Lipinski definition) is 5. The number of aromatic hydroxyl groups is 1. The molecule has 0 aromatic heterocycles. The van der Waals surface area contributed by atoms with E-state index in [-0.39, 0.29) is 23.9 Å². The maximum absolute atomic E-state index is 13.1. The third-order valence-corrected chi connectivity index (χ3v) is 5.83. The van der Waals surface area contributed by atoms with Crippen LogP contribution in [0.3, 0.4) is 0 Å². The lowest BCUT2D eigenvalue weighted by Crippen LogP contribution is -2.39. The van der Waals surface area contributed by atoms with E-state index >= 15 is 0 Å². The Morgan fingerprint density at radius 2 is 1.66 bits per heavy atom. The standard InChI is InChI=1S/C25H29N3O6S/c1-34-20-11-8-18(9-12-20)24(25(31)27-15-17-6-4-3-5-7-17)26-16-23(30)19-10-13-22(29)21(14-19)28-35(2,32)33/h3-14,23-24,26,28-30H,15-16H2,1-2H3,(H,27,31)/t23-,24-/m0/s1. The molecular formula is C25H29N3O6S. The summed E-state index contributed by atoms with van der Waals surface area (Å²) in [6, 6.07) is 19.9. The third kappa shape index (κ3) is 7.71. The maximum Gasteiger partial charge on any atom is 0.242 e. The molecule has 0 bridgehead atoms. The number of phenols is 1. The van der Waals surface area contributed by atoms with Gasteiger partial charge in [0.15, 0.2) is 0 Å². The van der Waals surface area contributed by atoms with E-state index in [1.54, 1.807) is 31.4 Å². The molecule has 186 valence electrons. The second kappa shape index (κ2) is 11.7. The van der Waals surface area contributed by atoms with Crippen molar-refractivity contribution in [2.45, 2.75) is 18.7 Å². The number of aliphatic hydroxyl groups is 1. The number of phenolic OH excluding ortho intramolecular Hbond substituents is 1. The molecule has 0 radical (unpaired) electrons. The summed E-state index contributed by atoms with van der Waals surface area (Å²) in [4.78, 5) is 13.1. The van der Waals surface area contributed by atoms with Gasteiger partial charge in [-0.3, -0.25) is 14.8 Å². The van der Waals surface area contributed by atoms with Crippen LogP contribution in [0.25, 0.3) is 0 Å². The van der Waals surface area contributed by atoms with Crippen LogP contribution in [-0.4, -0.2) is 44.4 Å². The minimum Gasteiger partial charge on any atom is -0.506 e. The molecule has 0 saturated carbocycles. The Hall–Kier alpha value is -3.60. The molecule has 0 aliphatic carbocycles. The van der Waals surface area contributed by atoms with Crippen LogP contribution in [0.5, 0.6) is 11.5 Å². The van der Waals surface area contributed by atoms with Crippen LogP contribution in [0.15, 0.2) is 72.8 Å². The fourth-order valence-electron chi connectivity index (χ4n) is 3.44. The summed E-state index contributed by atoms with van der Waals surface area (Å²) in [6.07, 6.45) is -0.122. The highest BCUT2D eigenvalue weighted by Gasteiger charge is 2.22. The van der Waals surface area contributed by atoms with Gasteiger partial charge in [0.05, 0.1) is 25.2 Å². The van der Waals surface area contributed by atoms with Gasteiger partial charge in [-0.15, -0.1) is 0 Å². The summed E-state index contributed by atoms with van der Waals surface area (Å²) in [7, 11) is -2.07. The van der Waals surface area contributed by atoms with Crippen LogP contribution in [0.1, 0.15) is 28.8 Å². The van der Waals surface area contributed by atoms with Crippen molar-refractivity contribution < 1.29 is 28.2 Å². The molecule has 0 fully saturated rings. The molecule has 1 amide bonds. The van der Waals surface area contributed by atoms with Crippen LogP contribution >= 0.6 is 0 Å². The van der Waals surface area contributed by atoms with Crippen LogP contribution < -0.4 is 20.1 Å². The third-order valence-electron chi connectivity index (χ3n) is 5.24. The number of rotatable bonds is 11. The minimum atomic E-state index is -3.62. The smallest absolute Gasteiger partial charge is 0.242 e. The van der Waals surface area contributed by atoms with E-state index in [0.29, 0.717) is 23.4 Å². The monoisotopic (exact) mass is 499 g/mol. The second-order valence-corrected chi connectivity index (χ2v) is 9.73. The van der Waals surface area contributed by atoms with E-state index in [0.717, 1.165) is 11.8 Å². The van der Waals surface area contributed by atoms with E-state index in [1.807, 2.05) is 30.3 Å². The summed E-state index contributed by atoms with van der Waals surface area (Å²) in [5, 5.41) is 26.7. The molecule has 0 spiro atoms. The molecule has 3 aromatic carbocycles. The normalized spacial score (nSPS) is 13.0. The predicted molar refractivity (Wildman–Crippen MR) is 134 cm³/mol. The Kier molecular flexibility index (Phi) is 8.69. The Morgan fingerprint density at radius 1 is 1.00 bits per heavy atom. The quantitative estimate of drug-likeness (QED) is 0.256. The first kappa shape index (κ1) is 26.0. The summed E-state index contributed by atoms with van der Waals surface area (Å²) in [5.41, 5.74) is 1.94. The minimum absolute atomic E-state index is 0.0153. The van der Waals surface area contributed by atoms with Crippen LogP contribution in [0.2, 0.25) is 0 Å². The van der Waals surface area contributed by atoms with Crippen molar-refractivity contribution >= 4 is 21.6 Å². The van der Waals surface area contributed by atoms with Crippen molar-refractivity contribution in [1.29, 1.82) is 0 Å². The van der Waals surface area contributed by atoms with Gasteiger partial charge in [0, 0.05) is 13.1 Å². The highest BCUT2D eigenvalue weighted by molar-refractivity contribution is 7.92. The number of methoxy groups -OCH3 is 1. The fourth-order valence-corrected chi connectivity index (χ4v) is 4.00. The number of aliphatic hydroxyl groups excluding tert-OH is 1. The van der Waals surface area contributed by atoms with Crippen molar-refractivity contribution in [3.05, 3.63) is 89.5 Å². The molecule has 2 atom stereocenters. The highest BCUT2D eigenvalue weighted by Crippen LogP contribution is 2.28. The first-order valence-corrected chi connectivity index (χ1v) is 12.7. The number of anilines is 1. The topological polar surface area (TPSA) is 137 Å². The van der Waals surface area contributed by atoms with Gasteiger partial charge < -0.3 is 20.3 Å². The van der Waals surface area contributed by atoms with E-state index in [2.05, 4.69) is 15.4 Å². The summed E-state index contributed by atoms with van der Waals surface area (Å²) in [5.74, 6) is 0.0966. The first-order valence-electron chi connectivity index (χ1n) is 10.8. The zero-order chi connectivity index (χ0) is 25.4. The second-order valence-electron chi connectivity index (χ2n) is 7.98. The van der Waals surface area contributed by atoms with E-state index in [4.69, 9.17) is 4.74 Å². The average Bonchev–Trinajstić information content (AvgIpc) is 2.84. The van der Waals surface area contributed by atoms with Crippen molar-refractivity contribution in [1.82, 2.24) is 10.6 Å². The molecule has 3 aromatic rings. The van der Waals surface area contributed by atoms with Crippen molar-refractivity contribution in [3.8, 4) is 11.5 Å². The molecule has 9 nitrogen and oxygen atoms in total. The van der Waals surface area contributed by atoms with Gasteiger partial charge in [0.1, 0.15) is 17.5 Å². The highest BCUT2D eigenvalue weighted by atomic mass is 32.2. The number of benzene rings is 3. The molecule has 0 aliphatic heterocycles. The van der Waals surface area contributed by atoms with E-state index < -0.39 is 22.2 Å². The zero-order valence-electron chi connectivity index (χ0n) is 19.4. The fraction of sp³-hybridized carbons (Fsp3) is 0.240. The van der Waals surface area contributed by atoms with Gasteiger partial charge in [-0.2, -0.15) is 0 Å². The largest absolute Gasteiger partial charge is 0.506 e. The lowest BCUT2D eigenvalue weighted by Gasteiger charge is -2.22. The number of sulfonamides is 1. The van der Waals surface area contributed by atoms with Crippen molar-refractivity contribution in [2.75, 3.05) is 24.6 Å². The van der Waals surface area contributed by atoms with E-state index in [1.165, 1.54) is 18.2 Å². The van der Waals surface area contributed by atoms with Crippen LogP contribution in [0, 0.1) is 0 Å². The Bertz CT molecular complexity index is 1230. The predicted octanol–water partition coefficient (Wildman–Crippen LogP) is 2.45. The van der Waals surface area contributed by atoms with Crippen LogP contribution in [0.4, 0.5) is 5.69 Å². The van der Waals surface area contributed by atoms with Gasteiger partial charge in [0.2, 0.25) is 15.9 Å². The molecule has 10 heteroatoms. The van der Waals surface area contributed by atoms with Gasteiger partial charge in [0.25, 0.3) is 0 Å². The van der Waals surface area contributed by atoms with Gasteiger partial charge in [-0.25, -0.2) is 8.42 Å². The summed E-state index contributed by atoms with van der Waals surface area (Å²) in [6.45, 7) is 0.327. The lowest BCUT2D eigenvalue weighted by atomic mass is 10.0. The van der Waals surface area contributed by atoms with E-state index in [9.17, 15) is 23.4 Å². The number of amides is 1. The van der Waals surface area contributed by atoms with Crippen molar-refractivity contribution in [3.63, 3.8) is 0 Å². The molecule has 3 rings (SSSR count). The summed E-state index contributed by atoms with van der Waals surface area (Å²) >= 11 is 0. The number of carbonyl (C=O) groups excluding carboxylic acids is 1. The molecule has 0 heterocycles. The summed E-state index contributed by atoms with van der Waals surface area (Å²) < 4.78 is 30.5. The number of ether oxygens (including phenoxy) is 1. The molecular weight excluding hydrogens is 470 g/mol.